The van der Waals surface area contributed by atoms with Gasteiger partial charge in [-0.3, -0.25) is 14.2 Å². The Labute approximate surface area is 146 Å². The molecular formula is C16H14FN5O2S. The van der Waals surface area contributed by atoms with Gasteiger partial charge < -0.3 is 5.32 Å². The van der Waals surface area contributed by atoms with Crippen LogP contribution >= 0.6 is 11.8 Å². The smallest absolute Gasteiger partial charge is 0.264 e. The first-order valence-corrected chi connectivity index (χ1v) is 8.46. The third kappa shape index (κ3) is 3.82. The van der Waals surface area contributed by atoms with Crippen molar-refractivity contribution in [3.8, 4) is 0 Å². The zero-order chi connectivity index (χ0) is 17.8. The molecule has 0 aliphatic carbocycles. The number of carbonyl (C=O) groups excluding carboxylic acids is 1. The van der Waals surface area contributed by atoms with E-state index in [9.17, 15) is 14.0 Å². The van der Waals surface area contributed by atoms with Crippen molar-refractivity contribution in [2.24, 2.45) is 0 Å². The van der Waals surface area contributed by atoms with E-state index < -0.39 is 17.3 Å². The van der Waals surface area contributed by atoms with Gasteiger partial charge in [-0.2, -0.15) is 0 Å². The number of aromatic nitrogens is 4. The number of amides is 1. The SMILES string of the molecule is CCSc1ncc2c(=O)n(CC(=O)Nc3ccccc3F)cnc2n1. The van der Waals surface area contributed by atoms with E-state index in [1.54, 1.807) is 6.07 Å². The lowest BCUT2D eigenvalue weighted by Crippen LogP contribution is -2.28. The van der Waals surface area contributed by atoms with E-state index in [0.29, 0.717) is 5.16 Å². The van der Waals surface area contributed by atoms with Gasteiger partial charge in [0.2, 0.25) is 5.91 Å². The first-order valence-electron chi connectivity index (χ1n) is 7.48. The lowest BCUT2D eigenvalue weighted by atomic mass is 10.3. The molecule has 25 heavy (non-hydrogen) atoms. The number of rotatable bonds is 5. The minimum absolute atomic E-state index is 0.0545. The van der Waals surface area contributed by atoms with Gasteiger partial charge in [0.05, 0.1) is 5.69 Å². The molecule has 1 aromatic carbocycles. The largest absolute Gasteiger partial charge is 0.322 e. The zero-order valence-electron chi connectivity index (χ0n) is 13.3. The standard InChI is InChI=1S/C16H14FN5O2S/c1-2-25-16-18-7-10-14(21-16)19-9-22(15(10)24)8-13(23)20-12-6-4-3-5-11(12)17/h3-7,9H,2,8H2,1H3,(H,20,23). The van der Waals surface area contributed by atoms with Crippen LogP contribution in [0.2, 0.25) is 0 Å². The van der Waals surface area contributed by atoms with Crippen molar-refractivity contribution in [3.05, 3.63) is 53.0 Å². The molecule has 1 N–H and O–H groups in total. The monoisotopic (exact) mass is 359 g/mol. The first-order chi connectivity index (χ1) is 12.1. The fraction of sp³-hybridized carbons (Fsp3) is 0.188. The number of anilines is 1. The normalized spacial score (nSPS) is 10.8. The average molecular weight is 359 g/mol. The van der Waals surface area contributed by atoms with Crippen molar-refractivity contribution in [1.82, 2.24) is 19.5 Å². The second-order valence-electron chi connectivity index (χ2n) is 5.03. The van der Waals surface area contributed by atoms with Crippen LogP contribution in [0.25, 0.3) is 11.0 Å². The summed E-state index contributed by atoms with van der Waals surface area (Å²) in [6, 6.07) is 5.80. The van der Waals surface area contributed by atoms with Crippen LogP contribution in [0.4, 0.5) is 10.1 Å². The minimum atomic E-state index is -0.547. The highest BCUT2D eigenvalue weighted by Crippen LogP contribution is 2.14. The van der Waals surface area contributed by atoms with Crippen molar-refractivity contribution >= 4 is 34.4 Å². The Morgan fingerprint density at radius 2 is 2.12 bits per heavy atom. The van der Waals surface area contributed by atoms with E-state index in [1.807, 2.05) is 6.92 Å². The van der Waals surface area contributed by atoms with E-state index in [-0.39, 0.29) is 23.3 Å². The van der Waals surface area contributed by atoms with E-state index in [2.05, 4.69) is 20.3 Å². The molecule has 0 fully saturated rings. The molecular weight excluding hydrogens is 345 g/mol. The fourth-order valence-corrected chi connectivity index (χ4v) is 2.69. The van der Waals surface area contributed by atoms with Gasteiger partial charge in [0.15, 0.2) is 10.8 Å². The fourth-order valence-electron chi connectivity index (χ4n) is 2.16. The summed E-state index contributed by atoms with van der Waals surface area (Å²) < 4.78 is 14.7. The van der Waals surface area contributed by atoms with Crippen LogP contribution in [0.3, 0.4) is 0 Å². The van der Waals surface area contributed by atoms with Crippen molar-refractivity contribution in [2.75, 3.05) is 11.1 Å². The molecule has 7 nitrogen and oxygen atoms in total. The highest BCUT2D eigenvalue weighted by atomic mass is 32.2. The number of benzene rings is 1. The molecule has 0 unspecified atom stereocenters. The molecule has 0 saturated heterocycles. The van der Waals surface area contributed by atoms with E-state index in [0.717, 1.165) is 10.3 Å². The van der Waals surface area contributed by atoms with Crippen LogP contribution in [0, 0.1) is 5.82 Å². The molecule has 3 rings (SSSR count). The van der Waals surface area contributed by atoms with Crippen molar-refractivity contribution < 1.29 is 9.18 Å². The molecule has 2 aromatic heterocycles. The van der Waals surface area contributed by atoms with E-state index in [1.165, 1.54) is 42.5 Å². The van der Waals surface area contributed by atoms with Gasteiger partial charge in [-0.25, -0.2) is 19.3 Å². The molecule has 0 aliphatic rings. The third-order valence-corrected chi connectivity index (χ3v) is 4.04. The number of hydrogen-bond donors (Lipinski definition) is 1. The topological polar surface area (TPSA) is 89.8 Å². The quantitative estimate of drug-likeness (QED) is 0.554. The van der Waals surface area contributed by atoms with Crippen LogP contribution in [-0.2, 0) is 11.3 Å². The Kier molecular flexibility index (Phi) is 5.03. The third-order valence-electron chi connectivity index (χ3n) is 3.29. The summed E-state index contributed by atoms with van der Waals surface area (Å²) in [7, 11) is 0. The maximum Gasteiger partial charge on any atom is 0.264 e. The van der Waals surface area contributed by atoms with Gasteiger partial charge in [-0.05, 0) is 17.9 Å². The highest BCUT2D eigenvalue weighted by Gasteiger charge is 2.11. The Hall–Kier alpha value is -2.81. The van der Waals surface area contributed by atoms with E-state index >= 15 is 0 Å². The Bertz CT molecular complexity index is 992. The molecule has 0 aliphatic heterocycles. The number of nitrogens with one attached hydrogen (secondary N) is 1. The van der Waals surface area contributed by atoms with Crippen LogP contribution in [0.15, 0.2) is 46.7 Å². The summed E-state index contributed by atoms with van der Waals surface area (Å²) in [4.78, 5) is 36.9. The predicted molar refractivity (Wildman–Crippen MR) is 93.0 cm³/mol. The number of para-hydroxylation sites is 1. The lowest BCUT2D eigenvalue weighted by molar-refractivity contribution is -0.116. The molecule has 9 heteroatoms. The molecule has 0 saturated carbocycles. The van der Waals surface area contributed by atoms with Crippen LogP contribution in [0.1, 0.15) is 6.92 Å². The molecule has 0 radical (unpaired) electrons. The molecule has 3 aromatic rings. The minimum Gasteiger partial charge on any atom is -0.322 e. The number of fused-ring (bicyclic) bond motifs is 1. The second-order valence-corrected chi connectivity index (χ2v) is 6.26. The average Bonchev–Trinajstić information content (AvgIpc) is 2.60. The number of thioether (sulfide) groups is 1. The van der Waals surface area contributed by atoms with Crippen LogP contribution in [0.5, 0.6) is 0 Å². The van der Waals surface area contributed by atoms with E-state index in [4.69, 9.17) is 0 Å². The summed E-state index contributed by atoms with van der Waals surface area (Å²) in [5, 5.41) is 3.19. The van der Waals surface area contributed by atoms with Crippen LogP contribution < -0.4 is 10.9 Å². The summed E-state index contributed by atoms with van der Waals surface area (Å²) in [6.07, 6.45) is 2.65. The molecule has 0 bridgehead atoms. The Balaban J connectivity index is 1.83. The zero-order valence-corrected chi connectivity index (χ0v) is 14.1. The molecule has 0 atom stereocenters. The van der Waals surface area contributed by atoms with Gasteiger partial charge in [0.1, 0.15) is 24.1 Å². The van der Waals surface area contributed by atoms with Gasteiger partial charge in [-0.15, -0.1) is 0 Å². The number of nitrogens with zero attached hydrogens (tertiary/aromatic N) is 4. The van der Waals surface area contributed by atoms with Gasteiger partial charge in [0, 0.05) is 6.20 Å². The van der Waals surface area contributed by atoms with Crippen LogP contribution in [-0.4, -0.2) is 31.2 Å². The molecule has 0 spiro atoms. The summed E-state index contributed by atoms with van der Waals surface area (Å²) in [5.74, 6) is -0.277. The predicted octanol–water partition coefficient (Wildman–Crippen LogP) is 2.08. The first kappa shape index (κ1) is 17.0. The molecule has 2 heterocycles. The highest BCUT2D eigenvalue weighted by molar-refractivity contribution is 7.99. The summed E-state index contributed by atoms with van der Waals surface area (Å²) in [5.41, 5.74) is -0.0951. The summed E-state index contributed by atoms with van der Waals surface area (Å²) >= 11 is 1.44. The van der Waals surface area contributed by atoms with Crippen molar-refractivity contribution in [3.63, 3.8) is 0 Å². The second kappa shape index (κ2) is 7.39. The van der Waals surface area contributed by atoms with Gasteiger partial charge in [0.25, 0.3) is 5.56 Å². The maximum atomic E-state index is 13.6. The molecule has 128 valence electrons. The molecule has 1 amide bonds. The maximum absolute atomic E-state index is 13.6. The van der Waals surface area contributed by atoms with Gasteiger partial charge in [-0.1, -0.05) is 30.8 Å². The van der Waals surface area contributed by atoms with Gasteiger partial charge >= 0.3 is 0 Å². The Morgan fingerprint density at radius 3 is 2.88 bits per heavy atom. The lowest BCUT2D eigenvalue weighted by Gasteiger charge is -2.08. The number of hydrogen-bond acceptors (Lipinski definition) is 6. The van der Waals surface area contributed by atoms with Crippen molar-refractivity contribution in [2.45, 2.75) is 18.6 Å². The Morgan fingerprint density at radius 1 is 1.32 bits per heavy atom. The number of carbonyl (C=O) groups is 1. The number of halogens is 1. The van der Waals surface area contributed by atoms with Crippen molar-refractivity contribution in [1.29, 1.82) is 0 Å². The summed E-state index contributed by atoms with van der Waals surface area (Å²) in [6.45, 7) is 1.68.